The van der Waals surface area contributed by atoms with Crippen molar-refractivity contribution in [1.29, 1.82) is 0 Å². The van der Waals surface area contributed by atoms with Gasteiger partial charge in [0.1, 0.15) is 11.8 Å². The number of carboxylic acids is 1. The predicted molar refractivity (Wildman–Crippen MR) is 54.4 cm³/mol. The molecule has 0 spiro atoms. The van der Waals surface area contributed by atoms with E-state index in [1.54, 1.807) is 0 Å². The second-order valence-electron chi connectivity index (χ2n) is 3.84. The zero-order valence-electron chi connectivity index (χ0n) is 9.01. The molecule has 0 radical (unpaired) electrons. The first-order valence-corrected chi connectivity index (χ1v) is 5.18. The quantitative estimate of drug-likeness (QED) is 0.773. The van der Waals surface area contributed by atoms with Crippen LogP contribution in [0.3, 0.4) is 0 Å². The highest BCUT2D eigenvalue weighted by Crippen LogP contribution is 2.21. The normalized spacial score (nSPS) is 18.6. The van der Waals surface area contributed by atoms with Crippen LogP contribution in [-0.4, -0.2) is 40.9 Å². The van der Waals surface area contributed by atoms with Gasteiger partial charge in [-0.15, -0.1) is 0 Å². The number of carbonyl (C=O) groups is 2. The van der Waals surface area contributed by atoms with Gasteiger partial charge in [-0.25, -0.2) is 4.79 Å². The Morgan fingerprint density at radius 1 is 1.41 bits per heavy atom. The molecule has 2 rings (SSSR count). The highest BCUT2D eigenvalue weighted by Gasteiger charge is 2.42. The van der Waals surface area contributed by atoms with Crippen LogP contribution >= 0.6 is 0 Å². The van der Waals surface area contributed by atoms with Crippen molar-refractivity contribution in [2.45, 2.75) is 18.4 Å². The van der Waals surface area contributed by atoms with E-state index in [9.17, 15) is 14.7 Å². The van der Waals surface area contributed by atoms with Crippen LogP contribution in [0.1, 0.15) is 23.3 Å². The Kier molecular flexibility index (Phi) is 3.10. The average molecular weight is 240 g/mol. The van der Waals surface area contributed by atoms with Crippen molar-refractivity contribution in [2.24, 2.45) is 0 Å². The lowest BCUT2D eigenvalue weighted by Gasteiger charge is -2.33. The third-order valence-corrected chi connectivity index (χ3v) is 2.78. The highest BCUT2D eigenvalue weighted by atomic mass is 16.5. The molecule has 0 unspecified atom stereocenters. The number of nitrogens with zero attached hydrogens (tertiary/aromatic N) is 1. The molecule has 0 aliphatic carbocycles. The monoisotopic (exact) mass is 240 g/mol. The number of aromatic nitrogens is 1. The fourth-order valence-electron chi connectivity index (χ4n) is 1.72. The molecule has 1 aliphatic rings. The van der Waals surface area contributed by atoms with E-state index in [1.807, 2.05) is 0 Å². The molecular formula is C10H12N2O5. The molecule has 17 heavy (non-hydrogen) atoms. The second kappa shape index (κ2) is 4.54. The SMILES string of the molecule is O=C(NC1(C(=O)O)CCOCC1)c1ccon1. The molecule has 1 saturated heterocycles. The largest absolute Gasteiger partial charge is 0.480 e. The summed E-state index contributed by atoms with van der Waals surface area (Å²) in [5.74, 6) is -1.61. The average Bonchev–Trinajstić information content (AvgIpc) is 2.83. The van der Waals surface area contributed by atoms with Crippen LogP contribution in [0.15, 0.2) is 16.9 Å². The van der Waals surface area contributed by atoms with Gasteiger partial charge in [0.2, 0.25) is 0 Å². The Hall–Kier alpha value is -1.89. The van der Waals surface area contributed by atoms with Gasteiger partial charge in [-0.2, -0.15) is 0 Å². The topological polar surface area (TPSA) is 102 Å². The predicted octanol–water partition coefficient (Wildman–Crippen LogP) is 0.0382. The minimum absolute atomic E-state index is 0.0668. The van der Waals surface area contributed by atoms with E-state index < -0.39 is 17.4 Å². The zero-order chi connectivity index (χ0) is 12.3. The lowest BCUT2D eigenvalue weighted by molar-refractivity contribution is -0.148. The van der Waals surface area contributed by atoms with Gasteiger partial charge in [-0.1, -0.05) is 5.16 Å². The molecule has 7 nitrogen and oxygen atoms in total. The number of hydrogen-bond acceptors (Lipinski definition) is 5. The minimum atomic E-state index is -1.27. The lowest BCUT2D eigenvalue weighted by Crippen LogP contribution is -2.57. The summed E-state index contributed by atoms with van der Waals surface area (Å²) in [6, 6.07) is 1.38. The van der Waals surface area contributed by atoms with Crippen molar-refractivity contribution in [3.63, 3.8) is 0 Å². The summed E-state index contributed by atoms with van der Waals surface area (Å²) >= 11 is 0. The van der Waals surface area contributed by atoms with Crippen molar-refractivity contribution in [3.8, 4) is 0 Å². The molecule has 2 N–H and O–H groups in total. The fourth-order valence-corrected chi connectivity index (χ4v) is 1.72. The Morgan fingerprint density at radius 2 is 2.12 bits per heavy atom. The summed E-state index contributed by atoms with van der Waals surface area (Å²) in [6.45, 7) is 0.622. The van der Waals surface area contributed by atoms with Crippen LogP contribution in [0.2, 0.25) is 0 Å². The molecule has 2 heterocycles. The Balaban J connectivity index is 2.13. The maximum Gasteiger partial charge on any atom is 0.329 e. The smallest absolute Gasteiger partial charge is 0.329 e. The molecule has 7 heteroatoms. The number of aliphatic carboxylic acids is 1. The third-order valence-electron chi connectivity index (χ3n) is 2.78. The second-order valence-corrected chi connectivity index (χ2v) is 3.84. The molecule has 1 aromatic rings. The number of carboxylic acid groups (broad SMARTS) is 1. The number of carbonyl (C=O) groups excluding carboxylic acids is 1. The molecular weight excluding hydrogens is 228 g/mol. The van der Waals surface area contributed by atoms with Crippen molar-refractivity contribution in [1.82, 2.24) is 10.5 Å². The van der Waals surface area contributed by atoms with Gasteiger partial charge < -0.3 is 19.7 Å². The van der Waals surface area contributed by atoms with Crippen molar-refractivity contribution in [2.75, 3.05) is 13.2 Å². The highest BCUT2D eigenvalue weighted by molar-refractivity contribution is 5.96. The van der Waals surface area contributed by atoms with E-state index in [-0.39, 0.29) is 18.5 Å². The first-order valence-electron chi connectivity index (χ1n) is 5.18. The van der Waals surface area contributed by atoms with Crippen LogP contribution in [0.5, 0.6) is 0 Å². The summed E-state index contributed by atoms with van der Waals surface area (Å²) < 4.78 is 9.63. The number of nitrogens with one attached hydrogen (secondary N) is 1. The standard InChI is InChI=1S/C10H12N2O5/c13-8(7-1-4-17-12-7)11-10(9(14)15)2-5-16-6-3-10/h1,4H,2-3,5-6H2,(H,11,13)(H,14,15). The zero-order valence-corrected chi connectivity index (χ0v) is 9.01. The van der Waals surface area contributed by atoms with Gasteiger partial charge >= 0.3 is 5.97 Å². The summed E-state index contributed by atoms with van der Waals surface area (Å²) in [7, 11) is 0. The molecule has 1 amide bonds. The molecule has 0 aromatic carbocycles. The van der Waals surface area contributed by atoms with Crippen molar-refractivity contribution in [3.05, 3.63) is 18.0 Å². The van der Waals surface area contributed by atoms with E-state index in [4.69, 9.17) is 4.74 Å². The first kappa shape index (κ1) is 11.6. The van der Waals surface area contributed by atoms with Gasteiger partial charge in [0.05, 0.1) is 0 Å². The Morgan fingerprint density at radius 3 is 2.65 bits per heavy atom. The maximum atomic E-state index is 11.7. The van der Waals surface area contributed by atoms with Gasteiger partial charge in [-0.05, 0) is 0 Å². The molecule has 0 saturated carbocycles. The van der Waals surface area contributed by atoms with Crippen LogP contribution in [0, 0.1) is 0 Å². The molecule has 1 aromatic heterocycles. The maximum absolute atomic E-state index is 11.7. The number of ether oxygens (including phenoxy) is 1. The van der Waals surface area contributed by atoms with E-state index in [1.165, 1.54) is 12.3 Å². The first-order chi connectivity index (χ1) is 8.14. The fraction of sp³-hybridized carbons (Fsp3) is 0.500. The van der Waals surface area contributed by atoms with Crippen LogP contribution in [-0.2, 0) is 9.53 Å². The number of rotatable bonds is 3. The molecule has 1 aliphatic heterocycles. The van der Waals surface area contributed by atoms with Gasteiger partial charge in [0, 0.05) is 32.1 Å². The molecule has 0 atom stereocenters. The van der Waals surface area contributed by atoms with Crippen LogP contribution in [0.25, 0.3) is 0 Å². The number of amides is 1. The number of hydrogen-bond donors (Lipinski definition) is 2. The van der Waals surface area contributed by atoms with Crippen LogP contribution < -0.4 is 5.32 Å². The summed E-state index contributed by atoms with van der Waals surface area (Å²) in [4.78, 5) is 23.0. The summed E-state index contributed by atoms with van der Waals surface area (Å²) in [5.41, 5.74) is -1.20. The molecule has 1 fully saturated rings. The van der Waals surface area contributed by atoms with E-state index in [0.29, 0.717) is 13.2 Å². The van der Waals surface area contributed by atoms with E-state index in [2.05, 4.69) is 15.0 Å². The Bertz CT molecular complexity index is 408. The Labute approximate surface area is 96.7 Å². The molecule has 92 valence electrons. The summed E-state index contributed by atoms with van der Waals surface area (Å²) in [5, 5.41) is 15.2. The van der Waals surface area contributed by atoms with E-state index >= 15 is 0 Å². The third kappa shape index (κ3) is 2.28. The van der Waals surface area contributed by atoms with Crippen molar-refractivity contribution >= 4 is 11.9 Å². The van der Waals surface area contributed by atoms with Gasteiger partial charge in [0.15, 0.2) is 5.69 Å². The van der Waals surface area contributed by atoms with Gasteiger partial charge in [-0.3, -0.25) is 4.79 Å². The van der Waals surface area contributed by atoms with Gasteiger partial charge in [0.25, 0.3) is 5.91 Å². The van der Waals surface area contributed by atoms with Crippen molar-refractivity contribution < 1.29 is 24.0 Å². The summed E-state index contributed by atoms with van der Waals surface area (Å²) in [6.07, 6.45) is 1.74. The lowest BCUT2D eigenvalue weighted by atomic mass is 9.90. The van der Waals surface area contributed by atoms with E-state index in [0.717, 1.165) is 0 Å². The molecule has 0 bridgehead atoms. The minimum Gasteiger partial charge on any atom is -0.480 e. The van der Waals surface area contributed by atoms with Crippen LogP contribution in [0.4, 0.5) is 0 Å².